The molecule has 0 saturated carbocycles. The molecule has 310 valence electrons. The maximum Gasteiger partial charge on any atom is 0.647 e. The third-order valence-corrected chi connectivity index (χ3v) is 11.8. The molecule has 0 fully saturated rings. The Morgan fingerprint density at radius 1 is 0.345 bits per heavy atom. The largest absolute Gasteiger partial charge is 0.647 e. The molecule has 55 heavy (non-hydrogen) atoms. The lowest BCUT2D eigenvalue weighted by Gasteiger charge is -2.19. The van der Waals surface area contributed by atoms with Crippen LogP contribution in [0.4, 0.5) is 0 Å². The van der Waals surface area contributed by atoms with Crippen LogP contribution in [0.1, 0.15) is 153 Å². The molecule has 0 N–H and O–H groups in total. The maximum absolute atomic E-state index is 13.3. The highest BCUT2D eigenvalue weighted by Crippen LogP contribution is 2.51. The quantitative estimate of drug-likeness (QED) is 0.0486. The second-order valence-electron chi connectivity index (χ2n) is 14.4. The average molecular weight is 803 g/mol. The van der Waals surface area contributed by atoms with E-state index in [0.29, 0.717) is 37.1 Å². The Balaban J connectivity index is 0.000000381. The number of hydrogen-bond donors (Lipinski definition) is 0. The molecule has 0 unspecified atom stereocenters. The lowest BCUT2D eigenvalue weighted by Crippen LogP contribution is -2.07. The molecule has 0 radical (unpaired) electrons. The van der Waals surface area contributed by atoms with Gasteiger partial charge in [0, 0.05) is 0 Å². The van der Waals surface area contributed by atoms with Crippen molar-refractivity contribution in [2.24, 2.45) is 0 Å². The first-order chi connectivity index (χ1) is 26.6. The molecule has 3 aromatic rings. The van der Waals surface area contributed by atoms with Crippen molar-refractivity contribution in [1.82, 2.24) is 0 Å². The normalized spacial score (nSPS) is 11.5. The molecule has 0 heterocycles. The first-order valence-corrected chi connectivity index (χ1v) is 23.9. The van der Waals surface area contributed by atoms with Gasteiger partial charge in [-0.25, -0.2) is 4.57 Å². The van der Waals surface area contributed by atoms with E-state index in [0.717, 1.165) is 55.2 Å². The minimum absolute atomic E-state index is 0.415. The van der Waals surface area contributed by atoms with Crippen molar-refractivity contribution in [1.29, 1.82) is 0 Å². The first-order valence-electron chi connectivity index (χ1n) is 21.0. The molecule has 0 aliphatic carbocycles. The van der Waals surface area contributed by atoms with Gasteiger partial charge in [0.25, 0.3) is 0 Å². The smallest absolute Gasteiger partial charge is 0.386 e. The summed E-state index contributed by atoms with van der Waals surface area (Å²) < 4.78 is 60.1. The molecule has 3 rings (SSSR count). The molecule has 0 bridgehead atoms. The SMILES string of the molecule is CCCCCCCCOP(=O)(OCCCCCCCC)OCCCCCCCC.Cc1ccc(OP(=O)(Oc2ccc(C)cc2)Oc2ccc(C)cc2)cc1. The molecule has 8 nitrogen and oxygen atoms in total. The summed E-state index contributed by atoms with van der Waals surface area (Å²) in [5.41, 5.74) is 3.23. The zero-order valence-corrected chi connectivity index (χ0v) is 36.7. The predicted molar refractivity (Wildman–Crippen MR) is 229 cm³/mol. The van der Waals surface area contributed by atoms with Crippen LogP contribution in [0.25, 0.3) is 0 Å². The Morgan fingerprint density at radius 2 is 0.582 bits per heavy atom. The molecule has 0 amide bonds. The van der Waals surface area contributed by atoms with Crippen LogP contribution in [0.5, 0.6) is 17.2 Å². The maximum atomic E-state index is 13.3. The molecule has 0 aliphatic rings. The zero-order chi connectivity index (χ0) is 40.0. The summed E-state index contributed by atoms with van der Waals surface area (Å²) in [5.74, 6) is 1.24. The lowest BCUT2D eigenvalue weighted by molar-refractivity contribution is 0.108. The standard InChI is InChI=1S/C24H51O4P.C21H21O4P/c1-4-7-10-13-16-19-22-26-29(25,27-23-20-17-14-11-8-5-2)28-24-21-18-15-12-9-6-3;1-16-4-10-19(11-5-16)23-26(22,24-20-12-6-17(2)7-13-20)25-21-14-8-18(3)9-15-21/h4-24H2,1-3H3;4-15H,1-3H3. The van der Waals surface area contributed by atoms with Crippen molar-refractivity contribution in [3.8, 4) is 17.2 Å². The van der Waals surface area contributed by atoms with Gasteiger partial charge in [0.2, 0.25) is 0 Å². The molecular weight excluding hydrogens is 730 g/mol. The summed E-state index contributed by atoms with van der Waals surface area (Å²) in [5, 5.41) is 0. The van der Waals surface area contributed by atoms with Crippen molar-refractivity contribution >= 4 is 15.6 Å². The van der Waals surface area contributed by atoms with Gasteiger partial charge in [0.1, 0.15) is 17.2 Å². The summed E-state index contributed by atoms with van der Waals surface area (Å²) in [7, 11) is -7.33. The van der Waals surface area contributed by atoms with Gasteiger partial charge in [-0.05, 0) is 76.4 Å². The monoisotopic (exact) mass is 802 g/mol. The number of benzene rings is 3. The topological polar surface area (TPSA) is 89.5 Å². The summed E-state index contributed by atoms with van der Waals surface area (Å²) in [4.78, 5) is 0. The van der Waals surface area contributed by atoms with E-state index in [1.807, 2.05) is 57.2 Å². The van der Waals surface area contributed by atoms with E-state index in [1.54, 1.807) is 36.4 Å². The number of rotatable bonds is 30. The van der Waals surface area contributed by atoms with Crippen molar-refractivity contribution in [3.63, 3.8) is 0 Å². The third kappa shape index (κ3) is 23.9. The Labute approximate surface area is 334 Å². The van der Waals surface area contributed by atoms with Crippen LogP contribution in [0.15, 0.2) is 72.8 Å². The van der Waals surface area contributed by atoms with Gasteiger partial charge in [-0.1, -0.05) is 170 Å². The number of phosphoric acid groups is 2. The molecule has 0 aromatic heterocycles. The van der Waals surface area contributed by atoms with Gasteiger partial charge in [0.05, 0.1) is 19.8 Å². The van der Waals surface area contributed by atoms with E-state index in [2.05, 4.69) is 20.8 Å². The molecule has 0 saturated heterocycles. The van der Waals surface area contributed by atoms with Gasteiger partial charge >= 0.3 is 15.6 Å². The summed E-state index contributed by atoms with van der Waals surface area (Å²) in [6.45, 7) is 14.0. The van der Waals surface area contributed by atoms with Crippen LogP contribution in [-0.4, -0.2) is 19.8 Å². The van der Waals surface area contributed by atoms with Crippen LogP contribution < -0.4 is 13.6 Å². The van der Waals surface area contributed by atoms with Crippen molar-refractivity contribution in [3.05, 3.63) is 89.5 Å². The Morgan fingerprint density at radius 3 is 0.836 bits per heavy atom. The van der Waals surface area contributed by atoms with E-state index in [1.165, 1.54) is 77.0 Å². The van der Waals surface area contributed by atoms with E-state index in [4.69, 9.17) is 27.1 Å². The van der Waals surface area contributed by atoms with Crippen LogP contribution in [0, 0.1) is 20.8 Å². The van der Waals surface area contributed by atoms with Crippen LogP contribution in [0.2, 0.25) is 0 Å². The minimum Gasteiger partial charge on any atom is -0.386 e. The van der Waals surface area contributed by atoms with E-state index in [-0.39, 0.29) is 0 Å². The molecular formula is C45H72O8P2. The van der Waals surface area contributed by atoms with Gasteiger partial charge in [-0.2, -0.15) is 4.57 Å². The van der Waals surface area contributed by atoms with Gasteiger partial charge < -0.3 is 13.6 Å². The number of hydrogen-bond acceptors (Lipinski definition) is 8. The predicted octanol–water partition coefficient (Wildman–Crippen LogP) is 15.5. The molecule has 0 spiro atoms. The van der Waals surface area contributed by atoms with Crippen molar-refractivity contribution in [2.45, 2.75) is 157 Å². The molecule has 10 heteroatoms. The van der Waals surface area contributed by atoms with E-state index in [9.17, 15) is 9.13 Å². The third-order valence-electron chi connectivity index (χ3n) is 8.96. The summed E-state index contributed by atoms with van der Waals surface area (Å²) in [6.07, 6.45) is 21.3. The highest BCUT2D eigenvalue weighted by Gasteiger charge is 2.33. The van der Waals surface area contributed by atoms with Crippen molar-refractivity contribution in [2.75, 3.05) is 19.8 Å². The van der Waals surface area contributed by atoms with Crippen LogP contribution in [0.3, 0.4) is 0 Å². The fourth-order valence-corrected chi connectivity index (χ4v) is 8.06. The van der Waals surface area contributed by atoms with Crippen LogP contribution in [-0.2, 0) is 22.7 Å². The lowest BCUT2D eigenvalue weighted by atomic mass is 10.1. The Bertz CT molecular complexity index is 1290. The molecule has 0 aliphatic heterocycles. The van der Waals surface area contributed by atoms with Crippen LogP contribution >= 0.6 is 15.6 Å². The number of unbranched alkanes of at least 4 members (excludes halogenated alkanes) is 15. The fraction of sp³-hybridized carbons (Fsp3) is 0.600. The highest BCUT2D eigenvalue weighted by molar-refractivity contribution is 7.49. The second kappa shape index (κ2) is 29.6. The summed E-state index contributed by atoms with van der Waals surface area (Å²) >= 11 is 0. The second-order valence-corrected chi connectivity index (χ2v) is 17.5. The highest BCUT2D eigenvalue weighted by atomic mass is 31.2. The van der Waals surface area contributed by atoms with Gasteiger partial charge in [-0.15, -0.1) is 0 Å². The Hall–Kier alpha value is -2.60. The first kappa shape index (κ1) is 48.5. The van der Waals surface area contributed by atoms with Gasteiger partial charge in [0.15, 0.2) is 0 Å². The molecule has 3 aromatic carbocycles. The fourth-order valence-electron chi connectivity index (χ4n) is 5.53. The van der Waals surface area contributed by atoms with Crippen molar-refractivity contribution < 1.29 is 36.3 Å². The van der Waals surface area contributed by atoms with Gasteiger partial charge in [-0.3, -0.25) is 13.6 Å². The minimum atomic E-state index is -3.93. The number of aryl methyl sites for hydroxylation is 3. The zero-order valence-electron chi connectivity index (χ0n) is 34.9. The Kier molecular flexibility index (Phi) is 26.1. The van der Waals surface area contributed by atoms with E-state index >= 15 is 0 Å². The average Bonchev–Trinajstić information content (AvgIpc) is 3.17. The molecule has 0 atom stereocenters. The summed E-state index contributed by atoms with van der Waals surface area (Å²) in [6, 6.07) is 21.6. The number of phosphoric ester groups is 2. The van der Waals surface area contributed by atoms with E-state index < -0.39 is 15.6 Å².